The molecule has 0 spiro atoms. The molecule has 4 rings (SSSR count). The Morgan fingerprint density at radius 2 is 1.69 bits per heavy atom. The highest BCUT2D eigenvalue weighted by atomic mass is 79.9. The van der Waals surface area contributed by atoms with Crippen LogP contribution in [-0.4, -0.2) is 35.8 Å². The van der Waals surface area contributed by atoms with E-state index in [9.17, 15) is 9.59 Å². The molecule has 2 unspecified atom stereocenters. The number of nitrogens with one attached hydrogen (secondary N) is 1. The lowest BCUT2D eigenvalue weighted by Crippen LogP contribution is -2.47. The summed E-state index contributed by atoms with van der Waals surface area (Å²) in [5, 5.41) is 3.15. The van der Waals surface area contributed by atoms with Gasteiger partial charge < -0.3 is 10.2 Å². The van der Waals surface area contributed by atoms with Crippen molar-refractivity contribution < 1.29 is 9.59 Å². The minimum Gasteiger partial charge on any atom is -0.353 e. The van der Waals surface area contributed by atoms with E-state index in [1.165, 1.54) is 11.1 Å². The van der Waals surface area contributed by atoms with Crippen LogP contribution in [-0.2, 0) is 16.0 Å². The number of carbonyl (C=O) groups is 2. The van der Waals surface area contributed by atoms with Gasteiger partial charge in [-0.25, -0.2) is 0 Å². The van der Waals surface area contributed by atoms with Crippen LogP contribution >= 0.6 is 15.9 Å². The molecule has 2 aromatic carbocycles. The third-order valence-corrected chi connectivity index (χ3v) is 6.59. The van der Waals surface area contributed by atoms with Crippen LogP contribution in [0.2, 0.25) is 0 Å². The molecule has 2 aromatic rings. The first kappa shape index (κ1) is 20.1. The van der Waals surface area contributed by atoms with E-state index in [0.717, 1.165) is 43.2 Å². The molecule has 29 heavy (non-hydrogen) atoms. The maximum absolute atomic E-state index is 12.8. The molecule has 2 aliphatic rings. The number of rotatable bonds is 6. The minimum absolute atomic E-state index is 0.108. The highest BCUT2D eigenvalue weighted by Crippen LogP contribution is 2.48. The average Bonchev–Trinajstić information content (AvgIpc) is 3.54. The third-order valence-electron chi connectivity index (χ3n) is 6.06. The summed E-state index contributed by atoms with van der Waals surface area (Å²) in [6.07, 6.45) is 3.93. The topological polar surface area (TPSA) is 49.4 Å². The fourth-order valence-electron chi connectivity index (χ4n) is 4.23. The van der Waals surface area contributed by atoms with Gasteiger partial charge in [0.05, 0.1) is 0 Å². The predicted molar refractivity (Wildman–Crippen MR) is 117 cm³/mol. The van der Waals surface area contributed by atoms with E-state index in [-0.39, 0.29) is 23.8 Å². The van der Waals surface area contributed by atoms with Crippen molar-refractivity contribution in [2.45, 2.75) is 44.1 Å². The first-order chi connectivity index (χ1) is 14.1. The molecule has 152 valence electrons. The number of nitrogens with zero attached hydrogens (tertiary/aromatic N) is 1. The summed E-state index contributed by atoms with van der Waals surface area (Å²) in [4.78, 5) is 27.1. The second-order valence-electron chi connectivity index (χ2n) is 8.15. The van der Waals surface area contributed by atoms with Gasteiger partial charge in [-0.3, -0.25) is 9.59 Å². The van der Waals surface area contributed by atoms with Gasteiger partial charge in [-0.2, -0.15) is 0 Å². The Kier molecular flexibility index (Phi) is 6.34. The molecule has 0 aromatic heterocycles. The standard InChI is InChI=1S/C24H27BrN2O2/c25-19-9-7-18(8-10-19)21-16-22(21)24(29)27-14-12-20(13-15-27)26-23(28)11-6-17-4-2-1-3-5-17/h1-5,7-10,20-22H,6,11-16H2,(H,26,28). The molecule has 4 nitrogen and oxygen atoms in total. The van der Waals surface area contributed by atoms with E-state index in [4.69, 9.17) is 0 Å². The smallest absolute Gasteiger partial charge is 0.226 e. The highest BCUT2D eigenvalue weighted by molar-refractivity contribution is 9.10. The Labute approximate surface area is 180 Å². The van der Waals surface area contributed by atoms with Crippen molar-refractivity contribution in [3.63, 3.8) is 0 Å². The van der Waals surface area contributed by atoms with Crippen LogP contribution in [0.4, 0.5) is 0 Å². The fourth-order valence-corrected chi connectivity index (χ4v) is 4.49. The van der Waals surface area contributed by atoms with Crippen molar-refractivity contribution in [2.24, 2.45) is 5.92 Å². The minimum atomic E-state index is 0.108. The molecule has 1 heterocycles. The monoisotopic (exact) mass is 454 g/mol. The second kappa shape index (κ2) is 9.12. The molecular formula is C24H27BrN2O2. The number of benzene rings is 2. The second-order valence-corrected chi connectivity index (χ2v) is 9.07. The van der Waals surface area contributed by atoms with E-state index >= 15 is 0 Å². The summed E-state index contributed by atoms with van der Waals surface area (Å²) in [6, 6.07) is 18.6. The maximum Gasteiger partial charge on any atom is 0.226 e. The number of carbonyl (C=O) groups excluding carboxylic acids is 2. The Morgan fingerprint density at radius 1 is 1.00 bits per heavy atom. The van der Waals surface area contributed by atoms with Crippen LogP contribution in [0.1, 0.15) is 42.7 Å². The molecule has 1 N–H and O–H groups in total. The SMILES string of the molecule is O=C(CCc1ccccc1)NC1CCN(C(=O)C2CC2c2ccc(Br)cc2)CC1. The number of halogens is 1. The van der Waals surface area contributed by atoms with Crippen molar-refractivity contribution in [3.8, 4) is 0 Å². The Hall–Kier alpha value is -2.14. The molecule has 1 saturated carbocycles. The van der Waals surface area contributed by atoms with Gasteiger partial charge in [0.15, 0.2) is 0 Å². The van der Waals surface area contributed by atoms with E-state index in [1.54, 1.807) is 0 Å². The number of piperidine rings is 1. The average molecular weight is 455 g/mol. The van der Waals surface area contributed by atoms with Crippen LogP contribution < -0.4 is 5.32 Å². The van der Waals surface area contributed by atoms with Gasteiger partial charge in [-0.05, 0) is 54.9 Å². The normalized spacial score (nSPS) is 21.6. The zero-order valence-corrected chi connectivity index (χ0v) is 18.1. The number of hydrogen-bond acceptors (Lipinski definition) is 2. The highest BCUT2D eigenvalue weighted by Gasteiger charge is 2.46. The summed E-state index contributed by atoms with van der Waals surface area (Å²) in [5.74, 6) is 0.891. The van der Waals surface area contributed by atoms with Crippen molar-refractivity contribution in [1.82, 2.24) is 10.2 Å². The van der Waals surface area contributed by atoms with Crippen LogP contribution in [0.3, 0.4) is 0 Å². The predicted octanol–water partition coefficient (Wildman–Crippen LogP) is 4.29. The van der Waals surface area contributed by atoms with Gasteiger partial charge in [0, 0.05) is 35.9 Å². The molecule has 1 saturated heterocycles. The molecule has 1 aliphatic heterocycles. The third kappa shape index (κ3) is 5.27. The first-order valence-electron chi connectivity index (χ1n) is 10.5. The molecule has 2 fully saturated rings. The number of aryl methyl sites for hydroxylation is 1. The lowest BCUT2D eigenvalue weighted by atomic mass is 10.0. The van der Waals surface area contributed by atoms with Crippen molar-refractivity contribution >= 4 is 27.7 Å². The van der Waals surface area contributed by atoms with Crippen molar-refractivity contribution in [1.29, 1.82) is 0 Å². The zero-order chi connectivity index (χ0) is 20.2. The van der Waals surface area contributed by atoms with Gasteiger partial charge in [-0.1, -0.05) is 58.4 Å². The maximum atomic E-state index is 12.8. The number of hydrogen-bond donors (Lipinski definition) is 1. The van der Waals surface area contributed by atoms with Crippen molar-refractivity contribution in [3.05, 3.63) is 70.2 Å². The molecule has 0 bridgehead atoms. The zero-order valence-electron chi connectivity index (χ0n) is 16.5. The molecular weight excluding hydrogens is 428 g/mol. The van der Waals surface area contributed by atoms with Gasteiger partial charge in [-0.15, -0.1) is 0 Å². The van der Waals surface area contributed by atoms with Crippen molar-refractivity contribution in [2.75, 3.05) is 13.1 Å². The number of likely N-dealkylation sites (tertiary alicyclic amines) is 1. The molecule has 2 amide bonds. The number of amides is 2. The first-order valence-corrected chi connectivity index (χ1v) is 11.3. The lowest BCUT2D eigenvalue weighted by Gasteiger charge is -2.32. The largest absolute Gasteiger partial charge is 0.353 e. The summed E-state index contributed by atoms with van der Waals surface area (Å²) in [7, 11) is 0. The summed E-state index contributed by atoms with van der Waals surface area (Å²) in [5.41, 5.74) is 2.44. The van der Waals surface area contributed by atoms with E-state index in [2.05, 4.69) is 45.5 Å². The van der Waals surface area contributed by atoms with Gasteiger partial charge in [0.2, 0.25) is 11.8 Å². The Bertz CT molecular complexity index is 845. The molecule has 0 radical (unpaired) electrons. The van der Waals surface area contributed by atoms with E-state index in [1.807, 2.05) is 35.2 Å². The lowest BCUT2D eigenvalue weighted by molar-refractivity contribution is -0.133. The summed E-state index contributed by atoms with van der Waals surface area (Å²) in [6.45, 7) is 1.48. The molecule has 2 atom stereocenters. The Balaban J connectivity index is 1.19. The van der Waals surface area contributed by atoms with E-state index in [0.29, 0.717) is 12.3 Å². The quantitative estimate of drug-likeness (QED) is 0.707. The van der Waals surface area contributed by atoms with Crippen LogP contribution in [0, 0.1) is 5.92 Å². The summed E-state index contributed by atoms with van der Waals surface area (Å²) >= 11 is 3.46. The van der Waals surface area contributed by atoms with Gasteiger partial charge in [0.1, 0.15) is 0 Å². The van der Waals surface area contributed by atoms with Crippen LogP contribution in [0.15, 0.2) is 59.1 Å². The fraction of sp³-hybridized carbons (Fsp3) is 0.417. The molecule has 5 heteroatoms. The van der Waals surface area contributed by atoms with Gasteiger partial charge in [0.25, 0.3) is 0 Å². The summed E-state index contributed by atoms with van der Waals surface area (Å²) < 4.78 is 1.07. The Morgan fingerprint density at radius 3 is 2.38 bits per heavy atom. The van der Waals surface area contributed by atoms with Gasteiger partial charge >= 0.3 is 0 Å². The molecule has 1 aliphatic carbocycles. The van der Waals surface area contributed by atoms with Crippen LogP contribution in [0.25, 0.3) is 0 Å². The van der Waals surface area contributed by atoms with Crippen LogP contribution in [0.5, 0.6) is 0 Å². The van der Waals surface area contributed by atoms with E-state index < -0.39 is 0 Å².